The van der Waals surface area contributed by atoms with E-state index in [-0.39, 0.29) is 0 Å². The molecular formula is C13H16N2. The molecule has 2 aromatic rings. The Morgan fingerprint density at radius 2 is 1.73 bits per heavy atom. The summed E-state index contributed by atoms with van der Waals surface area (Å²) in [4.78, 5) is 4.29. The van der Waals surface area contributed by atoms with Gasteiger partial charge >= 0.3 is 0 Å². The van der Waals surface area contributed by atoms with Crippen LogP contribution in [0.25, 0.3) is 0 Å². The van der Waals surface area contributed by atoms with Crippen LogP contribution in [-0.4, -0.2) is 9.55 Å². The van der Waals surface area contributed by atoms with Crippen molar-refractivity contribution in [3.05, 3.63) is 53.1 Å². The maximum absolute atomic E-state index is 4.29. The van der Waals surface area contributed by atoms with Gasteiger partial charge in [0.2, 0.25) is 0 Å². The quantitative estimate of drug-likeness (QED) is 0.729. The topological polar surface area (TPSA) is 17.8 Å². The molecular weight excluding hydrogens is 184 g/mol. The molecule has 0 saturated heterocycles. The monoisotopic (exact) mass is 200 g/mol. The van der Waals surface area contributed by atoms with Crippen molar-refractivity contribution in [1.29, 1.82) is 0 Å². The molecule has 2 rings (SSSR count). The molecule has 0 radical (unpaired) electrons. The highest BCUT2D eigenvalue weighted by Gasteiger charge is 2.02. The van der Waals surface area contributed by atoms with Crippen LogP contribution in [0.3, 0.4) is 0 Å². The molecule has 78 valence electrons. The fourth-order valence-corrected chi connectivity index (χ4v) is 1.59. The molecule has 0 atom stereocenters. The standard InChI is InChI=1S/C13H16N2/c1-10-4-6-13(7-5-10)8-15-9-14-11(2)12(15)3/h4-7,9H,8H2,1-3H3. The van der Waals surface area contributed by atoms with Gasteiger partial charge in [0.15, 0.2) is 0 Å². The highest BCUT2D eigenvalue weighted by Crippen LogP contribution is 2.09. The Morgan fingerprint density at radius 3 is 2.27 bits per heavy atom. The molecule has 0 amide bonds. The molecule has 0 fully saturated rings. The zero-order valence-electron chi connectivity index (χ0n) is 9.49. The van der Waals surface area contributed by atoms with Gasteiger partial charge in [-0.05, 0) is 26.3 Å². The number of nitrogens with zero attached hydrogens (tertiary/aromatic N) is 2. The first-order chi connectivity index (χ1) is 7.16. The first-order valence-electron chi connectivity index (χ1n) is 5.20. The molecule has 0 bridgehead atoms. The maximum atomic E-state index is 4.29. The van der Waals surface area contributed by atoms with Crippen molar-refractivity contribution in [2.75, 3.05) is 0 Å². The molecule has 15 heavy (non-hydrogen) atoms. The number of benzene rings is 1. The largest absolute Gasteiger partial charge is 0.330 e. The molecule has 1 heterocycles. The van der Waals surface area contributed by atoms with E-state index >= 15 is 0 Å². The molecule has 0 saturated carbocycles. The van der Waals surface area contributed by atoms with Crippen LogP contribution in [0.2, 0.25) is 0 Å². The van der Waals surface area contributed by atoms with Crippen LogP contribution >= 0.6 is 0 Å². The second-order valence-electron chi connectivity index (χ2n) is 4.03. The molecule has 2 heteroatoms. The normalized spacial score (nSPS) is 10.6. The summed E-state index contributed by atoms with van der Waals surface area (Å²) >= 11 is 0. The van der Waals surface area contributed by atoms with Gasteiger partial charge < -0.3 is 4.57 Å². The summed E-state index contributed by atoms with van der Waals surface area (Å²) in [5.74, 6) is 0. The third-order valence-electron chi connectivity index (χ3n) is 2.82. The van der Waals surface area contributed by atoms with Crippen molar-refractivity contribution in [1.82, 2.24) is 9.55 Å². The van der Waals surface area contributed by atoms with Gasteiger partial charge in [-0.25, -0.2) is 4.98 Å². The van der Waals surface area contributed by atoms with E-state index in [9.17, 15) is 0 Å². The van der Waals surface area contributed by atoms with Crippen molar-refractivity contribution in [2.45, 2.75) is 27.3 Å². The van der Waals surface area contributed by atoms with Gasteiger partial charge in [-0.3, -0.25) is 0 Å². The Balaban J connectivity index is 2.22. The molecule has 1 aromatic heterocycles. The summed E-state index contributed by atoms with van der Waals surface area (Å²) in [5.41, 5.74) is 4.98. The lowest BCUT2D eigenvalue weighted by Gasteiger charge is -2.05. The van der Waals surface area contributed by atoms with E-state index in [1.165, 1.54) is 16.8 Å². The van der Waals surface area contributed by atoms with Crippen LogP contribution in [0.5, 0.6) is 0 Å². The van der Waals surface area contributed by atoms with Crippen molar-refractivity contribution in [2.24, 2.45) is 0 Å². The van der Waals surface area contributed by atoms with Crippen LogP contribution < -0.4 is 0 Å². The smallest absolute Gasteiger partial charge is 0.0954 e. The van der Waals surface area contributed by atoms with Gasteiger partial charge in [0, 0.05) is 12.2 Å². The van der Waals surface area contributed by atoms with E-state index in [2.05, 4.69) is 47.7 Å². The number of aryl methyl sites for hydroxylation is 2. The van der Waals surface area contributed by atoms with Gasteiger partial charge in [0.1, 0.15) is 0 Å². The second kappa shape index (κ2) is 3.89. The van der Waals surface area contributed by atoms with Crippen molar-refractivity contribution in [3.8, 4) is 0 Å². The summed E-state index contributed by atoms with van der Waals surface area (Å²) < 4.78 is 2.18. The number of hydrogen-bond donors (Lipinski definition) is 0. The average molecular weight is 200 g/mol. The van der Waals surface area contributed by atoms with Crippen molar-refractivity contribution >= 4 is 0 Å². The zero-order chi connectivity index (χ0) is 10.8. The highest BCUT2D eigenvalue weighted by atomic mass is 15.0. The minimum Gasteiger partial charge on any atom is -0.330 e. The van der Waals surface area contributed by atoms with Gasteiger partial charge in [-0.2, -0.15) is 0 Å². The van der Waals surface area contributed by atoms with Crippen molar-refractivity contribution < 1.29 is 0 Å². The summed E-state index contributed by atoms with van der Waals surface area (Å²) in [6, 6.07) is 8.64. The highest BCUT2D eigenvalue weighted by molar-refractivity contribution is 5.22. The Kier molecular flexibility index (Phi) is 2.58. The van der Waals surface area contributed by atoms with Crippen LogP contribution in [0.4, 0.5) is 0 Å². The molecule has 0 aliphatic rings. The van der Waals surface area contributed by atoms with Crippen LogP contribution in [0.1, 0.15) is 22.5 Å². The first kappa shape index (κ1) is 9.97. The van der Waals surface area contributed by atoms with Gasteiger partial charge in [0.25, 0.3) is 0 Å². The van der Waals surface area contributed by atoms with Crippen LogP contribution in [0.15, 0.2) is 30.6 Å². The number of hydrogen-bond acceptors (Lipinski definition) is 1. The summed E-state index contributed by atoms with van der Waals surface area (Å²) in [6.07, 6.45) is 1.91. The van der Waals surface area contributed by atoms with E-state index in [1.54, 1.807) is 0 Å². The molecule has 0 spiro atoms. The SMILES string of the molecule is Cc1ccc(Cn2cnc(C)c2C)cc1. The summed E-state index contributed by atoms with van der Waals surface area (Å²) in [5, 5.41) is 0. The average Bonchev–Trinajstić information content (AvgIpc) is 2.53. The van der Waals surface area contributed by atoms with E-state index in [1.807, 2.05) is 13.3 Å². The van der Waals surface area contributed by atoms with Gasteiger partial charge in [-0.1, -0.05) is 29.8 Å². The van der Waals surface area contributed by atoms with Crippen LogP contribution in [0, 0.1) is 20.8 Å². The molecule has 1 aromatic carbocycles. The Bertz CT molecular complexity index is 452. The Labute approximate surface area is 90.6 Å². The number of rotatable bonds is 2. The minimum atomic E-state index is 0.910. The summed E-state index contributed by atoms with van der Waals surface area (Å²) in [6.45, 7) is 7.17. The van der Waals surface area contributed by atoms with E-state index < -0.39 is 0 Å². The third-order valence-corrected chi connectivity index (χ3v) is 2.82. The predicted octanol–water partition coefficient (Wildman–Crippen LogP) is 2.86. The maximum Gasteiger partial charge on any atom is 0.0954 e. The molecule has 0 aliphatic carbocycles. The fraction of sp³-hybridized carbons (Fsp3) is 0.308. The second-order valence-corrected chi connectivity index (χ2v) is 4.03. The lowest BCUT2D eigenvalue weighted by Crippen LogP contribution is -2.00. The molecule has 2 nitrogen and oxygen atoms in total. The van der Waals surface area contributed by atoms with Crippen LogP contribution in [-0.2, 0) is 6.54 Å². The Hall–Kier alpha value is -1.57. The third kappa shape index (κ3) is 2.09. The zero-order valence-corrected chi connectivity index (χ0v) is 9.49. The fourth-order valence-electron chi connectivity index (χ4n) is 1.59. The van der Waals surface area contributed by atoms with Gasteiger partial charge in [0.05, 0.1) is 12.0 Å². The molecule has 0 unspecified atom stereocenters. The van der Waals surface area contributed by atoms with Gasteiger partial charge in [-0.15, -0.1) is 0 Å². The lowest BCUT2D eigenvalue weighted by atomic mass is 10.1. The predicted molar refractivity (Wildman–Crippen MR) is 62.0 cm³/mol. The minimum absolute atomic E-state index is 0.910. The first-order valence-corrected chi connectivity index (χ1v) is 5.20. The number of imidazole rings is 1. The summed E-state index contributed by atoms with van der Waals surface area (Å²) in [7, 11) is 0. The lowest BCUT2D eigenvalue weighted by molar-refractivity contribution is 0.768. The van der Waals surface area contributed by atoms with E-state index in [0.717, 1.165) is 12.2 Å². The van der Waals surface area contributed by atoms with Crippen molar-refractivity contribution in [3.63, 3.8) is 0 Å². The Morgan fingerprint density at radius 1 is 1.07 bits per heavy atom. The van der Waals surface area contributed by atoms with E-state index in [0.29, 0.717) is 0 Å². The van der Waals surface area contributed by atoms with E-state index in [4.69, 9.17) is 0 Å². The molecule has 0 aliphatic heterocycles. The molecule has 0 N–H and O–H groups in total. The number of aromatic nitrogens is 2.